The molecule has 0 aromatic heterocycles. The van der Waals surface area contributed by atoms with E-state index in [2.05, 4.69) is 6.58 Å². The lowest BCUT2D eigenvalue weighted by Crippen LogP contribution is -2.29. The van der Waals surface area contributed by atoms with Gasteiger partial charge in [0.05, 0.1) is 5.57 Å². The quantitative estimate of drug-likeness (QED) is 0.443. The summed E-state index contributed by atoms with van der Waals surface area (Å²) in [7, 11) is 0. The molecule has 1 aliphatic rings. The van der Waals surface area contributed by atoms with Crippen LogP contribution in [0.2, 0.25) is 0 Å². The highest BCUT2D eigenvalue weighted by Crippen LogP contribution is 2.49. The minimum atomic E-state index is -0.948. The van der Waals surface area contributed by atoms with E-state index in [-0.39, 0.29) is 5.97 Å². The lowest BCUT2D eigenvalue weighted by Gasteiger charge is -2.31. The first-order valence-corrected chi connectivity index (χ1v) is 7.73. The molecule has 0 saturated carbocycles. The molecule has 1 atom stereocenters. The maximum Gasteiger partial charge on any atom is 0.339 e. The summed E-state index contributed by atoms with van der Waals surface area (Å²) in [5.74, 6) is -0.308. The lowest BCUT2D eigenvalue weighted by atomic mass is 9.78. The molecule has 0 spiro atoms. The molecular weight excluding hydrogens is 284 g/mol. The predicted molar refractivity (Wildman–Crippen MR) is 94.8 cm³/mol. The Balaban J connectivity index is 2.82. The Morgan fingerprint density at radius 3 is 2.35 bits per heavy atom. The maximum absolute atomic E-state index is 12.4. The molecule has 1 unspecified atom stereocenters. The Bertz CT molecular complexity index is 717. The van der Waals surface area contributed by atoms with Crippen molar-refractivity contribution in [3.8, 4) is 0 Å². The maximum atomic E-state index is 12.4. The fraction of sp³-hybridized carbons (Fsp3) is 0.190. The standard InChI is InChI=1S/C21H22O2/c1-5-9-13-16(6-2)21(17-14-11-10-12-15-17)19(8-4)18(7-3)20(22)23-21/h5-15H,2H2,1,3-4H3/b9-5-,16-13+,18-7+,19-8+. The second-order valence-electron chi connectivity index (χ2n) is 5.19. The summed E-state index contributed by atoms with van der Waals surface area (Å²) in [6.07, 6.45) is 11.3. The van der Waals surface area contributed by atoms with Crippen LogP contribution in [0.5, 0.6) is 0 Å². The average molecular weight is 306 g/mol. The number of ether oxygens (including phenoxy) is 1. The monoisotopic (exact) mass is 306 g/mol. The van der Waals surface area contributed by atoms with Gasteiger partial charge in [0, 0.05) is 16.7 Å². The zero-order valence-corrected chi connectivity index (χ0v) is 13.9. The van der Waals surface area contributed by atoms with Crippen molar-refractivity contribution in [2.45, 2.75) is 26.4 Å². The van der Waals surface area contributed by atoms with Crippen LogP contribution >= 0.6 is 0 Å². The number of benzene rings is 1. The van der Waals surface area contributed by atoms with E-state index in [1.54, 1.807) is 12.2 Å². The van der Waals surface area contributed by atoms with E-state index >= 15 is 0 Å². The first kappa shape index (κ1) is 16.8. The number of carbonyl (C=O) groups excluding carboxylic acids is 1. The summed E-state index contributed by atoms with van der Waals surface area (Å²) in [6.45, 7) is 9.66. The smallest absolute Gasteiger partial charge is 0.339 e. The second kappa shape index (κ2) is 7.10. The van der Waals surface area contributed by atoms with Gasteiger partial charge in [0.25, 0.3) is 0 Å². The summed E-state index contributed by atoms with van der Waals surface area (Å²) in [4.78, 5) is 12.4. The Morgan fingerprint density at radius 1 is 1.13 bits per heavy atom. The summed E-state index contributed by atoms with van der Waals surface area (Å²) in [5, 5.41) is 0. The average Bonchev–Trinajstić information content (AvgIpc) is 2.88. The minimum Gasteiger partial charge on any atom is -0.441 e. The summed E-state index contributed by atoms with van der Waals surface area (Å²) in [6, 6.07) is 9.79. The van der Waals surface area contributed by atoms with Crippen LogP contribution < -0.4 is 0 Å². The highest BCUT2D eigenvalue weighted by Gasteiger charge is 2.50. The molecule has 0 N–H and O–H groups in total. The zero-order chi connectivity index (χ0) is 16.9. The molecule has 2 rings (SSSR count). The zero-order valence-electron chi connectivity index (χ0n) is 13.9. The van der Waals surface area contributed by atoms with E-state index in [1.165, 1.54) is 0 Å². The van der Waals surface area contributed by atoms with Crippen molar-refractivity contribution in [1.82, 2.24) is 0 Å². The fourth-order valence-electron chi connectivity index (χ4n) is 2.98. The molecule has 2 nitrogen and oxygen atoms in total. The van der Waals surface area contributed by atoms with Crippen LogP contribution in [0.4, 0.5) is 0 Å². The number of hydrogen-bond donors (Lipinski definition) is 0. The molecule has 2 heteroatoms. The number of hydrogen-bond acceptors (Lipinski definition) is 2. The molecular formula is C21H22O2. The van der Waals surface area contributed by atoms with Crippen LogP contribution in [0.1, 0.15) is 26.3 Å². The van der Waals surface area contributed by atoms with Crippen molar-refractivity contribution in [2.75, 3.05) is 0 Å². The van der Waals surface area contributed by atoms with Crippen molar-refractivity contribution in [1.29, 1.82) is 0 Å². The van der Waals surface area contributed by atoms with Crippen LogP contribution in [0.3, 0.4) is 0 Å². The Hall–Kier alpha value is -2.61. The largest absolute Gasteiger partial charge is 0.441 e. The number of allylic oxidation sites excluding steroid dienone is 5. The Kier molecular flexibility index (Phi) is 5.17. The first-order valence-electron chi connectivity index (χ1n) is 7.73. The molecule has 0 radical (unpaired) electrons. The van der Waals surface area contributed by atoms with E-state index in [0.29, 0.717) is 5.57 Å². The highest BCUT2D eigenvalue weighted by atomic mass is 16.6. The van der Waals surface area contributed by atoms with E-state index in [0.717, 1.165) is 16.7 Å². The van der Waals surface area contributed by atoms with Crippen molar-refractivity contribution >= 4 is 5.97 Å². The first-order chi connectivity index (χ1) is 11.1. The SMILES string of the molecule is C=C/C(=C\C=C/C)C1(c2ccccc2)OC(=O)C(=C/C)/C1=C\C. The van der Waals surface area contributed by atoms with Crippen molar-refractivity contribution in [3.63, 3.8) is 0 Å². The molecule has 1 heterocycles. The van der Waals surface area contributed by atoms with Gasteiger partial charge >= 0.3 is 5.97 Å². The van der Waals surface area contributed by atoms with Gasteiger partial charge in [-0.25, -0.2) is 4.79 Å². The molecule has 0 amide bonds. The molecule has 23 heavy (non-hydrogen) atoms. The molecule has 1 saturated heterocycles. The van der Waals surface area contributed by atoms with Crippen LogP contribution in [0, 0.1) is 0 Å². The van der Waals surface area contributed by atoms with Crippen LogP contribution in [-0.4, -0.2) is 5.97 Å². The molecule has 1 aromatic rings. The van der Waals surface area contributed by atoms with Crippen LogP contribution in [0.15, 0.2) is 90.1 Å². The van der Waals surface area contributed by atoms with E-state index < -0.39 is 5.60 Å². The molecule has 0 bridgehead atoms. The van der Waals surface area contributed by atoms with Crippen molar-refractivity contribution < 1.29 is 9.53 Å². The highest BCUT2D eigenvalue weighted by molar-refractivity contribution is 5.99. The van der Waals surface area contributed by atoms with Crippen molar-refractivity contribution in [3.05, 3.63) is 95.6 Å². The third kappa shape index (κ3) is 2.72. The van der Waals surface area contributed by atoms with Gasteiger partial charge in [-0.15, -0.1) is 0 Å². The predicted octanol–water partition coefficient (Wildman–Crippen LogP) is 5.02. The molecule has 1 aromatic carbocycles. The van der Waals surface area contributed by atoms with Gasteiger partial charge in [-0.3, -0.25) is 0 Å². The van der Waals surface area contributed by atoms with E-state index in [9.17, 15) is 4.79 Å². The number of cyclic esters (lactones) is 1. The van der Waals surface area contributed by atoms with Crippen LogP contribution in [0.25, 0.3) is 0 Å². The fourth-order valence-corrected chi connectivity index (χ4v) is 2.98. The van der Waals surface area contributed by atoms with Gasteiger partial charge in [-0.2, -0.15) is 0 Å². The molecule has 118 valence electrons. The second-order valence-corrected chi connectivity index (χ2v) is 5.19. The topological polar surface area (TPSA) is 26.3 Å². The molecule has 1 fully saturated rings. The van der Waals surface area contributed by atoms with Gasteiger partial charge in [-0.05, 0) is 20.8 Å². The summed E-state index contributed by atoms with van der Waals surface area (Å²) < 4.78 is 5.94. The van der Waals surface area contributed by atoms with Gasteiger partial charge in [0.15, 0.2) is 5.60 Å². The minimum absolute atomic E-state index is 0.308. The lowest BCUT2D eigenvalue weighted by molar-refractivity contribution is -0.143. The number of esters is 1. The third-order valence-electron chi connectivity index (χ3n) is 3.99. The third-order valence-corrected chi connectivity index (χ3v) is 3.99. The Labute approximate surface area is 138 Å². The summed E-state index contributed by atoms with van der Waals surface area (Å²) in [5.41, 5.74) is 2.25. The number of carbonyl (C=O) groups is 1. The van der Waals surface area contributed by atoms with Crippen molar-refractivity contribution in [2.24, 2.45) is 0 Å². The number of rotatable bonds is 4. The molecule has 0 aliphatic carbocycles. The van der Waals surface area contributed by atoms with Crippen LogP contribution in [-0.2, 0) is 15.1 Å². The molecule has 1 aliphatic heterocycles. The van der Waals surface area contributed by atoms with Gasteiger partial charge in [0.1, 0.15) is 0 Å². The van der Waals surface area contributed by atoms with Gasteiger partial charge < -0.3 is 4.74 Å². The normalized spacial score (nSPS) is 25.3. The summed E-state index contributed by atoms with van der Waals surface area (Å²) >= 11 is 0. The van der Waals surface area contributed by atoms with Gasteiger partial charge in [0.2, 0.25) is 0 Å². The van der Waals surface area contributed by atoms with E-state index in [4.69, 9.17) is 4.74 Å². The van der Waals surface area contributed by atoms with Gasteiger partial charge in [-0.1, -0.05) is 73.4 Å². The van der Waals surface area contributed by atoms with E-state index in [1.807, 2.05) is 75.4 Å². The Morgan fingerprint density at radius 2 is 1.83 bits per heavy atom.